The Labute approximate surface area is 140 Å². The molecule has 0 radical (unpaired) electrons. The molecule has 5 heteroatoms. The molecule has 0 aliphatic carbocycles. The molecule has 1 heterocycles. The molecule has 0 unspecified atom stereocenters. The quantitative estimate of drug-likeness (QED) is 0.926. The fourth-order valence-corrected chi connectivity index (χ4v) is 2.94. The number of hydrogen-bond acceptors (Lipinski definition) is 3. The van der Waals surface area contributed by atoms with Crippen LogP contribution in [0.25, 0.3) is 0 Å². The molecule has 1 saturated heterocycles. The van der Waals surface area contributed by atoms with Crippen LogP contribution in [0.5, 0.6) is 0 Å². The summed E-state index contributed by atoms with van der Waals surface area (Å²) in [5, 5.41) is 12.9. The molecular formula is C18H16ClN3O. The number of benzene rings is 2. The second kappa shape index (κ2) is 6.72. The lowest BCUT2D eigenvalue weighted by Crippen LogP contribution is -2.23. The van der Waals surface area contributed by atoms with Crippen molar-refractivity contribution in [1.29, 1.82) is 5.26 Å². The molecule has 23 heavy (non-hydrogen) atoms. The van der Waals surface area contributed by atoms with Crippen LogP contribution in [-0.4, -0.2) is 12.5 Å². The van der Waals surface area contributed by atoms with E-state index in [-0.39, 0.29) is 5.91 Å². The third-order valence-electron chi connectivity index (χ3n) is 3.92. The summed E-state index contributed by atoms with van der Waals surface area (Å²) in [4.78, 5) is 13.6. The highest BCUT2D eigenvalue weighted by atomic mass is 35.5. The summed E-state index contributed by atoms with van der Waals surface area (Å²) >= 11 is 6.14. The predicted molar refractivity (Wildman–Crippen MR) is 91.5 cm³/mol. The lowest BCUT2D eigenvalue weighted by atomic mass is 10.1. The van der Waals surface area contributed by atoms with E-state index in [0.29, 0.717) is 29.2 Å². The summed E-state index contributed by atoms with van der Waals surface area (Å²) in [5.74, 6) is 0.186. The van der Waals surface area contributed by atoms with Crippen molar-refractivity contribution in [3.05, 3.63) is 58.6 Å². The molecule has 1 fully saturated rings. The van der Waals surface area contributed by atoms with Gasteiger partial charge in [-0.1, -0.05) is 29.8 Å². The van der Waals surface area contributed by atoms with Crippen molar-refractivity contribution in [3.63, 3.8) is 0 Å². The summed E-state index contributed by atoms with van der Waals surface area (Å²) in [6, 6.07) is 15.3. The molecule has 0 bridgehead atoms. The van der Waals surface area contributed by atoms with Crippen molar-refractivity contribution in [2.24, 2.45) is 0 Å². The van der Waals surface area contributed by atoms with Gasteiger partial charge in [0.25, 0.3) is 0 Å². The summed E-state index contributed by atoms with van der Waals surface area (Å²) in [6.07, 6.45) is 1.55. The van der Waals surface area contributed by atoms with Crippen molar-refractivity contribution in [2.75, 3.05) is 16.8 Å². The first kappa shape index (κ1) is 15.4. The molecule has 0 aromatic heterocycles. The lowest BCUT2D eigenvalue weighted by molar-refractivity contribution is -0.117. The van der Waals surface area contributed by atoms with E-state index in [0.717, 1.165) is 24.2 Å². The van der Waals surface area contributed by atoms with E-state index < -0.39 is 0 Å². The molecule has 3 rings (SSSR count). The van der Waals surface area contributed by atoms with Gasteiger partial charge in [-0.3, -0.25) is 4.79 Å². The molecule has 0 saturated carbocycles. The fraction of sp³-hybridized carbons (Fsp3) is 0.222. The Bertz CT molecular complexity index is 765. The minimum absolute atomic E-state index is 0.186. The molecule has 1 amide bonds. The Morgan fingerprint density at radius 1 is 1.22 bits per heavy atom. The fourth-order valence-electron chi connectivity index (χ4n) is 2.70. The van der Waals surface area contributed by atoms with Gasteiger partial charge < -0.3 is 10.2 Å². The van der Waals surface area contributed by atoms with E-state index in [2.05, 4.69) is 11.4 Å². The van der Waals surface area contributed by atoms with Crippen molar-refractivity contribution in [3.8, 4) is 6.07 Å². The summed E-state index contributed by atoms with van der Waals surface area (Å²) in [6.45, 7) is 1.36. The van der Waals surface area contributed by atoms with E-state index >= 15 is 0 Å². The number of hydrogen-bond donors (Lipinski definition) is 1. The van der Waals surface area contributed by atoms with E-state index in [1.165, 1.54) is 0 Å². The number of anilines is 2. The van der Waals surface area contributed by atoms with Gasteiger partial charge in [-0.05, 0) is 36.2 Å². The van der Waals surface area contributed by atoms with Crippen LogP contribution in [0.1, 0.15) is 24.0 Å². The minimum atomic E-state index is 0.186. The van der Waals surface area contributed by atoms with E-state index in [1.54, 1.807) is 18.2 Å². The maximum absolute atomic E-state index is 11.7. The number of carbonyl (C=O) groups excluding carboxylic acids is 1. The minimum Gasteiger partial charge on any atom is -0.379 e. The first-order valence-corrected chi connectivity index (χ1v) is 7.88. The van der Waals surface area contributed by atoms with Gasteiger partial charge in [-0.2, -0.15) is 5.26 Å². The first-order valence-electron chi connectivity index (χ1n) is 7.51. The standard InChI is InChI=1S/C18H16ClN3O/c19-16-4-1-3-14(11-20)18(16)21-12-13-6-8-15(9-7-13)22-10-2-5-17(22)23/h1,3-4,6-9,21H,2,5,10,12H2. The maximum atomic E-state index is 11.7. The van der Waals surface area contributed by atoms with Crippen molar-refractivity contribution in [1.82, 2.24) is 0 Å². The third kappa shape index (κ3) is 3.30. The molecule has 1 aliphatic rings. The predicted octanol–water partition coefficient (Wildman–Crippen LogP) is 3.95. The monoisotopic (exact) mass is 325 g/mol. The lowest BCUT2D eigenvalue weighted by Gasteiger charge is -2.16. The number of rotatable bonds is 4. The molecule has 2 aromatic rings. The smallest absolute Gasteiger partial charge is 0.227 e. The van der Waals surface area contributed by atoms with Crippen LogP contribution in [0, 0.1) is 11.3 Å². The SMILES string of the molecule is N#Cc1cccc(Cl)c1NCc1ccc(N2CCCC2=O)cc1. The van der Waals surface area contributed by atoms with Gasteiger partial charge in [0.05, 0.1) is 16.3 Å². The topological polar surface area (TPSA) is 56.1 Å². The highest BCUT2D eigenvalue weighted by Crippen LogP contribution is 2.26. The highest BCUT2D eigenvalue weighted by Gasteiger charge is 2.21. The van der Waals surface area contributed by atoms with Crippen LogP contribution in [0.3, 0.4) is 0 Å². The van der Waals surface area contributed by atoms with E-state index in [4.69, 9.17) is 16.9 Å². The molecule has 1 aliphatic heterocycles. The molecule has 0 atom stereocenters. The summed E-state index contributed by atoms with van der Waals surface area (Å²) in [5.41, 5.74) is 3.17. The summed E-state index contributed by atoms with van der Waals surface area (Å²) in [7, 11) is 0. The van der Waals surface area contributed by atoms with Gasteiger partial charge in [-0.25, -0.2) is 0 Å². The molecule has 4 nitrogen and oxygen atoms in total. The Morgan fingerprint density at radius 2 is 2.00 bits per heavy atom. The number of nitriles is 1. The van der Waals surface area contributed by atoms with Gasteiger partial charge in [0, 0.05) is 25.2 Å². The summed E-state index contributed by atoms with van der Waals surface area (Å²) < 4.78 is 0. The Kier molecular flexibility index (Phi) is 4.50. The number of halogens is 1. The molecule has 116 valence electrons. The van der Waals surface area contributed by atoms with Crippen LogP contribution in [0.15, 0.2) is 42.5 Å². The van der Waals surface area contributed by atoms with E-state index in [9.17, 15) is 4.79 Å². The molecule has 2 aromatic carbocycles. The second-order valence-corrected chi connectivity index (χ2v) is 5.85. The second-order valence-electron chi connectivity index (χ2n) is 5.44. The zero-order valence-corrected chi connectivity index (χ0v) is 13.3. The number of nitrogens with one attached hydrogen (secondary N) is 1. The highest BCUT2D eigenvalue weighted by molar-refractivity contribution is 6.33. The van der Waals surface area contributed by atoms with E-state index in [1.807, 2.05) is 29.2 Å². The van der Waals surface area contributed by atoms with Crippen LogP contribution >= 0.6 is 11.6 Å². The third-order valence-corrected chi connectivity index (χ3v) is 4.24. The van der Waals surface area contributed by atoms with Crippen LogP contribution in [-0.2, 0) is 11.3 Å². The zero-order chi connectivity index (χ0) is 16.2. The Morgan fingerprint density at radius 3 is 2.65 bits per heavy atom. The van der Waals surface area contributed by atoms with Crippen molar-refractivity contribution < 1.29 is 4.79 Å². The molecule has 0 spiro atoms. The number of carbonyl (C=O) groups is 1. The van der Waals surface area contributed by atoms with Gasteiger partial charge in [0.15, 0.2) is 0 Å². The van der Waals surface area contributed by atoms with Crippen LogP contribution in [0.4, 0.5) is 11.4 Å². The average molecular weight is 326 g/mol. The van der Waals surface area contributed by atoms with Crippen molar-refractivity contribution in [2.45, 2.75) is 19.4 Å². The maximum Gasteiger partial charge on any atom is 0.227 e. The zero-order valence-electron chi connectivity index (χ0n) is 12.6. The first-order chi connectivity index (χ1) is 11.2. The normalized spacial score (nSPS) is 13.9. The molecular weight excluding hydrogens is 310 g/mol. The number of amides is 1. The van der Waals surface area contributed by atoms with Gasteiger partial charge >= 0.3 is 0 Å². The van der Waals surface area contributed by atoms with Crippen LogP contribution < -0.4 is 10.2 Å². The van der Waals surface area contributed by atoms with Gasteiger partial charge in [0.1, 0.15) is 6.07 Å². The number of nitrogens with zero attached hydrogens (tertiary/aromatic N) is 2. The number of para-hydroxylation sites is 1. The van der Waals surface area contributed by atoms with Crippen LogP contribution in [0.2, 0.25) is 5.02 Å². The Balaban J connectivity index is 1.70. The average Bonchev–Trinajstić information content (AvgIpc) is 3.00. The van der Waals surface area contributed by atoms with Gasteiger partial charge in [0.2, 0.25) is 5.91 Å². The largest absolute Gasteiger partial charge is 0.379 e. The van der Waals surface area contributed by atoms with Crippen molar-refractivity contribution >= 4 is 28.9 Å². The Hall–Kier alpha value is -2.51. The van der Waals surface area contributed by atoms with Gasteiger partial charge in [-0.15, -0.1) is 0 Å². The molecule has 1 N–H and O–H groups in total.